The lowest BCUT2D eigenvalue weighted by Gasteiger charge is -2.10. The van der Waals surface area contributed by atoms with E-state index in [9.17, 15) is 9.59 Å². The predicted octanol–water partition coefficient (Wildman–Crippen LogP) is 5.11. The lowest BCUT2D eigenvalue weighted by Crippen LogP contribution is -2.21. The number of ether oxygens (including phenoxy) is 2. The van der Waals surface area contributed by atoms with E-state index >= 15 is 0 Å². The van der Waals surface area contributed by atoms with E-state index in [1.807, 2.05) is 30.3 Å². The third-order valence-corrected chi connectivity index (χ3v) is 6.30. The number of benzene rings is 2. The minimum Gasteiger partial charge on any atom is -0.492 e. The van der Waals surface area contributed by atoms with Crippen molar-refractivity contribution in [3.8, 4) is 16.2 Å². The maximum atomic E-state index is 12.7. The molecule has 0 saturated heterocycles. The molecule has 2 N–H and O–H groups in total. The average Bonchev–Trinajstić information content (AvgIpc) is 3.09. The molecule has 0 spiro atoms. The summed E-state index contributed by atoms with van der Waals surface area (Å²) in [6.07, 6.45) is 0.149. The van der Waals surface area contributed by atoms with Gasteiger partial charge in [0.2, 0.25) is 0 Å². The van der Waals surface area contributed by atoms with Gasteiger partial charge in [0.25, 0.3) is 5.91 Å². The Balaban J connectivity index is 1.55. The van der Waals surface area contributed by atoms with Crippen molar-refractivity contribution >= 4 is 40.6 Å². The summed E-state index contributed by atoms with van der Waals surface area (Å²) in [5.41, 5.74) is 3.41. The van der Waals surface area contributed by atoms with Crippen LogP contribution in [-0.2, 0) is 17.7 Å². The molecule has 0 radical (unpaired) electrons. The molecule has 1 aromatic heterocycles. The summed E-state index contributed by atoms with van der Waals surface area (Å²) in [6, 6.07) is 14.8. The number of carbonyl (C=O) groups is 2. The van der Waals surface area contributed by atoms with E-state index in [-0.39, 0.29) is 5.91 Å². The van der Waals surface area contributed by atoms with Crippen molar-refractivity contribution in [1.29, 1.82) is 0 Å². The maximum Gasteiger partial charge on any atom is 0.411 e. The van der Waals surface area contributed by atoms with Gasteiger partial charge in [-0.05, 0) is 35.4 Å². The number of fused-ring (bicyclic) bond motifs is 3. The van der Waals surface area contributed by atoms with Gasteiger partial charge in [0.1, 0.15) is 5.75 Å². The van der Waals surface area contributed by atoms with E-state index in [2.05, 4.69) is 15.4 Å². The van der Waals surface area contributed by atoms with E-state index in [0.717, 1.165) is 21.6 Å². The van der Waals surface area contributed by atoms with Crippen LogP contribution in [0.5, 0.6) is 5.75 Å². The average molecular weight is 443 g/mol. The highest BCUT2D eigenvalue weighted by Gasteiger charge is 2.22. The predicted molar refractivity (Wildman–Crippen MR) is 118 cm³/mol. The molecule has 1 aliphatic rings. The van der Waals surface area contributed by atoms with Gasteiger partial charge in [0, 0.05) is 40.2 Å². The molecule has 3 aromatic rings. The smallest absolute Gasteiger partial charge is 0.411 e. The largest absolute Gasteiger partial charge is 0.492 e. The quantitative estimate of drug-likeness (QED) is 0.588. The van der Waals surface area contributed by atoms with E-state index in [4.69, 9.17) is 16.3 Å². The van der Waals surface area contributed by atoms with Crippen LogP contribution in [0.4, 0.5) is 10.5 Å². The molecule has 0 unspecified atom stereocenters. The Bertz CT molecular complexity index is 1110. The molecular formula is C22H19ClN2O4S. The summed E-state index contributed by atoms with van der Waals surface area (Å²) in [5.74, 6) is 0.520. The topological polar surface area (TPSA) is 76.7 Å². The van der Waals surface area contributed by atoms with Gasteiger partial charge in [-0.15, -0.1) is 11.3 Å². The first-order valence-electron chi connectivity index (χ1n) is 9.31. The lowest BCUT2D eigenvalue weighted by molar-refractivity contribution is 0.0955. The fraction of sp³-hybridized carbons (Fsp3) is 0.182. The van der Waals surface area contributed by atoms with Gasteiger partial charge in [-0.25, -0.2) is 4.79 Å². The molecule has 30 heavy (non-hydrogen) atoms. The number of thiophene rings is 1. The Kier molecular flexibility index (Phi) is 5.92. The van der Waals surface area contributed by atoms with Crippen molar-refractivity contribution in [2.24, 2.45) is 0 Å². The van der Waals surface area contributed by atoms with Crippen molar-refractivity contribution < 1.29 is 19.1 Å². The first-order chi connectivity index (χ1) is 14.5. The van der Waals surface area contributed by atoms with Crippen LogP contribution in [0.3, 0.4) is 0 Å². The van der Waals surface area contributed by atoms with Crippen molar-refractivity contribution in [1.82, 2.24) is 5.32 Å². The Morgan fingerprint density at radius 3 is 2.83 bits per heavy atom. The molecular weight excluding hydrogens is 424 g/mol. The van der Waals surface area contributed by atoms with E-state index in [0.29, 0.717) is 40.9 Å². The van der Waals surface area contributed by atoms with Crippen molar-refractivity contribution in [2.75, 3.05) is 19.0 Å². The molecule has 0 aliphatic carbocycles. The van der Waals surface area contributed by atoms with Crippen molar-refractivity contribution in [3.63, 3.8) is 0 Å². The second-order valence-corrected chi connectivity index (χ2v) is 8.12. The molecule has 154 valence electrons. The van der Waals surface area contributed by atoms with Gasteiger partial charge in [0.15, 0.2) is 0 Å². The molecule has 6 nitrogen and oxygen atoms in total. The normalized spacial score (nSPS) is 12.1. The highest BCUT2D eigenvalue weighted by Crippen LogP contribution is 2.41. The van der Waals surface area contributed by atoms with Gasteiger partial charge in [-0.3, -0.25) is 10.1 Å². The van der Waals surface area contributed by atoms with Crippen LogP contribution in [0.2, 0.25) is 5.02 Å². The highest BCUT2D eigenvalue weighted by atomic mass is 35.5. The molecule has 8 heteroatoms. The molecule has 2 amide bonds. The molecule has 0 fully saturated rings. The number of nitrogens with one attached hydrogen (secondary N) is 2. The molecule has 0 saturated carbocycles. The van der Waals surface area contributed by atoms with Crippen LogP contribution in [0, 0.1) is 0 Å². The third-order valence-electron chi connectivity index (χ3n) is 4.72. The maximum absolute atomic E-state index is 12.7. The highest BCUT2D eigenvalue weighted by molar-refractivity contribution is 7.17. The Morgan fingerprint density at radius 1 is 1.20 bits per heavy atom. The standard InChI is InChI=1S/C22H19ClN2O4S/c1-28-22(27)25-15-6-7-16-18(11-15)29-9-8-13-10-19(30-20(13)16)21(26)24-12-14-4-2-3-5-17(14)23/h2-7,10-11H,8-9,12H2,1H3,(H,24,26)(H,25,27). The third kappa shape index (κ3) is 4.27. The van der Waals surface area contributed by atoms with Crippen LogP contribution in [0.15, 0.2) is 48.5 Å². The summed E-state index contributed by atoms with van der Waals surface area (Å²) < 4.78 is 10.5. The first kappa shape index (κ1) is 20.3. The Hall–Kier alpha value is -3.03. The molecule has 0 bridgehead atoms. The number of carbonyl (C=O) groups excluding carboxylic acids is 2. The van der Waals surface area contributed by atoms with Crippen molar-refractivity contribution in [3.05, 3.63) is 69.6 Å². The van der Waals surface area contributed by atoms with Crippen LogP contribution >= 0.6 is 22.9 Å². The Labute approximate surface area is 182 Å². The van der Waals surface area contributed by atoms with Gasteiger partial charge in [0.05, 0.1) is 18.6 Å². The number of hydrogen-bond donors (Lipinski definition) is 2. The fourth-order valence-electron chi connectivity index (χ4n) is 3.21. The SMILES string of the molecule is COC(=O)Nc1ccc2c(c1)OCCc1cc(C(=O)NCc3ccccc3Cl)sc1-2. The number of amides is 2. The fourth-order valence-corrected chi connectivity index (χ4v) is 4.56. The van der Waals surface area contributed by atoms with E-state index in [1.165, 1.54) is 18.4 Å². The molecule has 1 aliphatic heterocycles. The second kappa shape index (κ2) is 8.77. The van der Waals surface area contributed by atoms with E-state index in [1.54, 1.807) is 18.2 Å². The summed E-state index contributed by atoms with van der Waals surface area (Å²) in [6.45, 7) is 0.850. The van der Waals surface area contributed by atoms with Crippen molar-refractivity contribution in [2.45, 2.75) is 13.0 Å². The minimum atomic E-state index is -0.544. The molecule has 2 heterocycles. The summed E-state index contributed by atoms with van der Waals surface area (Å²) in [7, 11) is 1.31. The monoisotopic (exact) mass is 442 g/mol. The number of halogens is 1. The summed E-state index contributed by atoms with van der Waals surface area (Å²) >= 11 is 7.59. The zero-order valence-electron chi connectivity index (χ0n) is 16.2. The summed E-state index contributed by atoms with van der Waals surface area (Å²) in [4.78, 5) is 25.8. The van der Waals surface area contributed by atoms with Crippen LogP contribution in [-0.4, -0.2) is 25.7 Å². The minimum absolute atomic E-state index is 0.139. The van der Waals surface area contributed by atoms with E-state index < -0.39 is 6.09 Å². The van der Waals surface area contributed by atoms with Crippen LogP contribution in [0.1, 0.15) is 20.8 Å². The van der Waals surface area contributed by atoms with Gasteiger partial charge < -0.3 is 14.8 Å². The lowest BCUT2D eigenvalue weighted by atomic mass is 10.1. The first-order valence-corrected chi connectivity index (χ1v) is 10.5. The number of methoxy groups -OCH3 is 1. The number of hydrogen-bond acceptors (Lipinski definition) is 5. The van der Waals surface area contributed by atoms with Crippen LogP contribution in [0.25, 0.3) is 10.4 Å². The molecule has 4 rings (SSSR count). The number of rotatable bonds is 4. The summed E-state index contributed by atoms with van der Waals surface area (Å²) in [5, 5.41) is 6.20. The van der Waals surface area contributed by atoms with Gasteiger partial charge in [-0.1, -0.05) is 29.8 Å². The van der Waals surface area contributed by atoms with Gasteiger partial charge in [-0.2, -0.15) is 0 Å². The van der Waals surface area contributed by atoms with Gasteiger partial charge >= 0.3 is 6.09 Å². The van der Waals surface area contributed by atoms with Crippen LogP contribution < -0.4 is 15.4 Å². The second-order valence-electron chi connectivity index (χ2n) is 6.67. The number of anilines is 1. The zero-order valence-corrected chi connectivity index (χ0v) is 17.7. The molecule has 2 aromatic carbocycles. The Morgan fingerprint density at radius 2 is 2.03 bits per heavy atom. The molecule has 0 atom stereocenters. The zero-order chi connectivity index (χ0) is 21.1.